The van der Waals surface area contributed by atoms with E-state index >= 15 is 0 Å². The third-order valence-electron chi connectivity index (χ3n) is 5.41. The Labute approximate surface area is 209 Å². The Balaban J connectivity index is 1.77. The molecule has 1 aliphatic rings. The Morgan fingerprint density at radius 1 is 1.12 bits per heavy atom. The molecule has 3 rings (SSSR count). The lowest BCUT2D eigenvalue weighted by atomic mass is 10.2. The molecule has 0 aromatic heterocycles. The first-order valence-electron chi connectivity index (χ1n) is 10.6. The average molecular weight is 527 g/mol. The smallest absolute Gasteiger partial charge is 0.255 e. The molecule has 1 aliphatic heterocycles. The molecule has 1 saturated heterocycles. The van der Waals surface area contributed by atoms with E-state index in [4.69, 9.17) is 22.1 Å². The van der Waals surface area contributed by atoms with Gasteiger partial charge in [0.1, 0.15) is 6.04 Å². The van der Waals surface area contributed by atoms with Gasteiger partial charge in [-0.1, -0.05) is 11.6 Å². The van der Waals surface area contributed by atoms with E-state index in [1.54, 1.807) is 24.3 Å². The van der Waals surface area contributed by atoms with Crippen LogP contribution < -0.4 is 11.1 Å². The van der Waals surface area contributed by atoms with Gasteiger partial charge in [0.25, 0.3) is 5.91 Å². The number of anilines is 1. The maximum Gasteiger partial charge on any atom is 0.255 e. The van der Waals surface area contributed by atoms with Crippen molar-refractivity contribution in [3.63, 3.8) is 0 Å². The largest absolute Gasteiger partial charge is 0.379 e. The van der Waals surface area contributed by atoms with Crippen molar-refractivity contribution >= 4 is 51.8 Å². The van der Waals surface area contributed by atoms with Crippen molar-refractivity contribution in [3.05, 3.63) is 59.1 Å². The van der Waals surface area contributed by atoms with Gasteiger partial charge in [-0.15, -0.1) is 0 Å². The molecule has 0 bridgehead atoms. The van der Waals surface area contributed by atoms with E-state index in [0.29, 0.717) is 49.1 Å². The highest BCUT2D eigenvalue weighted by molar-refractivity contribution is 7.89. The fourth-order valence-corrected chi connectivity index (χ4v) is 5.68. The number of ether oxygens (including phenoxy) is 1. The molecular weight excluding hydrogens is 500 g/mol. The molecule has 184 valence electrons. The van der Waals surface area contributed by atoms with Gasteiger partial charge in [-0.25, -0.2) is 8.42 Å². The number of hydrogen-bond acceptors (Lipinski definition) is 7. The molecule has 2 aromatic rings. The normalized spacial score (nSPS) is 15.7. The molecule has 0 saturated carbocycles. The van der Waals surface area contributed by atoms with Crippen LogP contribution in [0.2, 0.25) is 5.02 Å². The predicted octanol–water partition coefficient (Wildman–Crippen LogP) is 1.70. The minimum absolute atomic E-state index is 0.0213. The summed E-state index contributed by atoms with van der Waals surface area (Å²) in [5.41, 5.74) is 6.32. The van der Waals surface area contributed by atoms with Gasteiger partial charge in [0.05, 0.1) is 18.1 Å². The molecule has 2 aromatic carbocycles. The van der Waals surface area contributed by atoms with Gasteiger partial charge >= 0.3 is 0 Å². The van der Waals surface area contributed by atoms with Gasteiger partial charge in [-0.2, -0.15) is 16.9 Å². The Kier molecular flexibility index (Phi) is 9.34. The van der Waals surface area contributed by atoms with Crippen molar-refractivity contribution < 1.29 is 22.7 Å². The highest BCUT2D eigenvalue weighted by Gasteiger charge is 2.34. The lowest BCUT2D eigenvalue weighted by Crippen LogP contribution is -2.52. The summed E-state index contributed by atoms with van der Waals surface area (Å²) in [6.45, 7) is 3.00. The van der Waals surface area contributed by atoms with Crippen molar-refractivity contribution in [3.8, 4) is 0 Å². The number of rotatable bonds is 10. The molecule has 12 heteroatoms. The van der Waals surface area contributed by atoms with Crippen LogP contribution in [-0.4, -0.2) is 80.6 Å². The second kappa shape index (κ2) is 12.0. The van der Waals surface area contributed by atoms with Crippen LogP contribution in [-0.2, 0) is 19.6 Å². The molecule has 1 fully saturated rings. The van der Waals surface area contributed by atoms with Crippen LogP contribution in [0.3, 0.4) is 0 Å². The fraction of sp³-hybridized carbons (Fsp3) is 0.364. The third-order valence-corrected chi connectivity index (χ3v) is 7.93. The van der Waals surface area contributed by atoms with Crippen LogP contribution in [0.1, 0.15) is 10.4 Å². The highest BCUT2D eigenvalue weighted by atomic mass is 35.5. The van der Waals surface area contributed by atoms with E-state index < -0.39 is 22.0 Å². The maximum absolute atomic E-state index is 13.4. The van der Waals surface area contributed by atoms with Crippen molar-refractivity contribution in [1.82, 2.24) is 9.21 Å². The number of thiol groups is 1. The monoisotopic (exact) mass is 526 g/mol. The zero-order chi connectivity index (χ0) is 24.7. The number of carbonyl (C=O) groups is 2. The van der Waals surface area contributed by atoms with Crippen LogP contribution in [0, 0.1) is 0 Å². The lowest BCUT2D eigenvalue weighted by molar-refractivity contribution is -0.121. The maximum atomic E-state index is 13.4. The number of nitrogens with one attached hydrogen (secondary N) is 1. The molecule has 0 spiro atoms. The summed E-state index contributed by atoms with van der Waals surface area (Å²) in [5.74, 6) is -1.18. The third kappa shape index (κ3) is 6.71. The van der Waals surface area contributed by atoms with Crippen LogP contribution in [0.15, 0.2) is 53.4 Å². The van der Waals surface area contributed by atoms with E-state index in [2.05, 4.69) is 22.8 Å². The van der Waals surface area contributed by atoms with Gasteiger partial charge < -0.3 is 15.8 Å². The number of sulfonamides is 1. The average Bonchev–Trinajstić information content (AvgIpc) is 2.82. The van der Waals surface area contributed by atoms with Gasteiger partial charge in [0.15, 0.2) is 0 Å². The number of halogens is 1. The number of morpholine rings is 1. The van der Waals surface area contributed by atoms with Crippen LogP contribution in [0.4, 0.5) is 5.69 Å². The fourth-order valence-electron chi connectivity index (χ4n) is 3.48. The number of hydrogen-bond donors (Lipinski definition) is 3. The number of nitrogens with two attached hydrogens (primary N) is 1. The summed E-state index contributed by atoms with van der Waals surface area (Å²) in [4.78, 5) is 26.5. The number of benzene rings is 2. The van der Waals surface area contributed by atoms with Crippen LogP contribution in [0.25, 0.3) is 0 Å². The summed E-state index contributed by atoms with van der Waals surface area (Å²) in [6, 6.07) is 11.0. The Hall–Kier alpha value is -2.15. The van der Waals surface area contributed by atoms with Crippen molar-refractivity contribution in [2.45, 2.75) is 10.9 Å². The van der Waals surface area contributed by atoms with E-state index in [1.807, 2.05) is 0 Å². The number of nitrogens with zero attached hydrogens (tertiary/aromatic N) is 2. The minimum atomic E-state index is -4.06. The van der Waals surface area contributed by atoms with Gasteiger partial charge in [0, 0.05) is 48.2 Å². The molecule has 0 unspecified atom stereocenters. The van der Waals surface area contributed by atoms with E-state index in [1.165, 1.54) is 24.3 Å². The Bertz CT molecular complexity index is 1090. The Morgan fingerprint density at radius 3 is 2.29 bits per heavy atom. The summed E-state index contributed by atoms with van der Waals surface area (Å²) in [7, 11) is -4.06. The molecule has 0 aliphatic carbocycles. The molecular formula is C22H27ClN4O5S2. The van der Waals surface area contributed by atoms with Gasteiger partial charge in [-0.3, -0.25) is 14.5 Å². The second-order valence-electron chi connectivity index (χ2n) is 7.66. The topological polar surface area (TPSA) is 122 Å². The van der Waals surface area contributed by atoms with Crippen LogP contribution in [0.5, 0.6) is 0 Å². The zero-order valence-corrected chi connectivity index (χ0v) is 20.9. The van der Waals surface area contributed by atoms with E-state index in [9.17, 15) is 18.0 Å². The zero-order valence-electron chi connectivity index (χ0n) is 18.4. The summed E-state index contributed by atoms with van der Waals surface area (Å²) < 4.78 is 33.3. The Morgan fingerprint density at radius 2 is 1.74 bits per heavy atom. The standard InChI is InChI=1S/C22H27ClN4O5S2/c23-17-3-1-16(2-4-17)22(29)25-18-5-7-19(8-6-18)34(30,31)27(20(15-33)21(24)28)10-9-26-11-13-32-14-12-26/h1-8,20,33H,9-15H2,(H2,24,28)(H,25,29)/t20-/m0/s1. The van der Waals surface area contributed by atoms with Crippen molar-refractivity contribution in [2.24, 2.45) is 5.73 Å². The van der Waals surface area contributed by atoms with Gasteiger partial charge in [-0.05, 0) is 48.5 Å². The number of primary amides is 1. The van der Waals surface area contributed by atoms with Crippen LogP contribution >= 0.6 is 24.2 Å². The molecule has 1 atom stereocenters. The molecule has 2 amide bonds. The molecule has 3 N–H and O–H groups in total. The first-order chi connectivity index (χ1) is 16.2. The summed E-state index contributed by atoms with van der Waals surface area (Å²) in [5, 5.41) is 3.22. The first kappa shape index (κ1) is 26.5. The summed E-state index contributed by atoms with van der Waals surface area (Å²) in [6.07, 6.45) is 0. The van der Waals surface area contributed by atoms with Crippen molar-refractivity contribution in [2.75, 3.05) is 50.5 Å². The molecule has 34 heavy (non-hydrogen) atoms. The van der Waals surface area contributed by atoms with Crippen molar-refractivity contribution in [1.29, 1.82) is 0 Å². The predicted molar refractivity (Wildman–Crippen MR) is 134 cm³/mol. The SMILES string of the molecule is NC(=O)[C@H](CS)N(CCN1CCOCC1)S(=O)(=O)c1ccc(NC(=O)c2ccc(Cl)cc2)cc1. The quantitative estimate of drug-likeness (QED) is 0.405. The van der Waals surface area contributed by atoms with E-state index in [-0.39, 0.29) is 23.1 Å². The molecule has 0 radical (unpaired) electrons. The van der Waals surface area contributed by atoms with Gasteiger partial charge in [0.2, 0.25) is 15.9 Å². The number of carbonyl (C=O) groups excluding carboxylic acids is 2. The molecule has 9 nitrogen and oxygen atoms in total. The second-order valence-corrected chi connectivity index (χ2v) is 10.3. The highest BCUT2D eigenvalue weighted by Crippen LogP contribution is 2.22. The number of amides is 2. The first-order valence-corrected chi connectivity index (χ1v) is 13.1. The minimum Gasteiger partial charge on any atom is -0.379 e. The lowest BCUT2D eigenvalue weighted by Gasteiger charge is -2.32. The van der Waals surface area contributed by atoms with E-state index in [0.717, 1.165) is 4.31 Å². The molecule has 1 heterocycles. The summed E-state index contributed by atoms with van der Waals surface area (Å²) >= 11 is 10.0.